The van der Waals surface area contributed by atoms with Gasteiger partial charge in [0.15, 0.2) is 5.11 Å². The molecular weight excluding hydrogens is 359 g/mol. The van der Waals surface area contributed by atoms with Crippen LogP contribution >= 0.6 is 12.2 Å². The summed E-state index contributed by atoms with van der Waals surface area (Å²) in [6.45, 7) is 7.17. The number of benzene rings is 2. The molecular formula is C19H27N2NaO3S. The van der Waals surface area contributed by atoms with Gasteiger partial charge >= 0.3 is 29.6 Å². The van der Waals surface area contributed by atoms with E-state index in [0.29, 0.717) is 18.3 Å². The maximum absolute atomic E-state index is 7.57. The molecule has 2 aromatic rings. The fraction of sp³-hybridized carbons (Fsp3) is 0.316. The average molecular weight is 386 g/mol. The molecule has 7 heteroatoms. The van der Waals surface area contributed by atoms with E-state index in [1.54, 1.807) is 6.92 Å². The Balaban J connectivity index is 0.00000146. The first-order valence-corrected chi connectivity index (χ1v) is 8.68. The van der Waals surface area contributed by atoms with Gasteiger partial charge in [0, 0.05) is 18.0 Å². The molecule has 2 aromatic carbocycles. The van der Waals surface area contributed by atoms with Gasteiger partial charge in [-0.1, -0.05) is 0 Å². The molecule has 0 saturated heterocycles. The van der Waals surface area contributed by atoms with Crippen molar-refractivity contribution >= 4 is 58.3 Å². The van der Waals surface area contributed by atoms with E-state index in [1.807, 2.05) is 62.4 Å². The summed E-state index contributed by atoms with van der Waals surface area (Å²) < 4.78 is 10.8. The van der Waals surface area contributed by atoms with Gasteiger partial charge in [-0.2, -0.15) is 0 Å². The molecule has 0 unspecified atom stereocenters. The molecule has 2 rings (SSSR count). The number of hydrogen-bond acceptors (Lipinski definition) is 4. The Hall–Kier alpha value is -1.31. The Morgan fingerprint density at radius 3 is 1.38 bits per heavy atom. The Kier molecular flexibility index (Phi) is 14.1. The van der Waals surface area contributed by atoms with Crippen LogP contribution in [0.5, 0.6) is 11.5 Å². The molecule has 0 radical (unpaired) electrons. The molecule has 0 aromatic heterocycles. The topological polar surface area (TPSA) is 62.8 Å². The Labute approximate surface area is 183 Å². The minimum atomic E-state index is 0. The van der Waals surface area contributed by atoms with E-state index in [2.05, 4.69) is 10.6 Å². The number of hydrogen-bond donors (Lipinski definition) is 3. The molecule has 26 heavy (non-hydrogen) atoms. The number of aliphatic hydroxyl groups is 1. The van der Waals surface area contributed by atoms with Crippen molar-refractivity contribution < 1.29 is 14.6 Å². The zero-order valence-corrected chi connectivity index (χ0v) is 15.7. The van der Waals surface area contributed by atoms with Crippen molar-refractivity contribution in [1.29, 1.82) is 0 Å². The van der Waals surface area contributed by atoms with Crippen LogP contribution in [0.3, 0.4) is 0 Å². The Morgan fingerprint density at radius 1 is 0.808 bits per heavy atom. The number of anilines is 2. The average Bonchev–Trinajstić information content (AvgIpc) is 2.60. The second kappa shape index (κ2) is 14.8. The second-order valence-corrected chi connectivity index (χ2v) is 5.22. The zero-order chi connectivity index (χ0) is 18.5. The third-order valence-corrected chi connectivity index (χ3v) is 3.05. The van der Waals surface area contributed by atoms with E-state index in [-0.39, 0.29) is 36.2 Å². The molecule has 138 valence electrons. The molecule has 3 N–H and O–H groups in total. The van der Waals surface area contributed by atoms with Gasteiger partial charge in [0.05, 0.1) is 13.2 Å². The van der Waals surface area contributed by atoms with Crippen LogP contribution in [0, 0.1) is 0 Å². The molecule has 0 amide bonds. The van der Waals surface area contributed by atoms with Gasteiger partial charge in [-0.3, -0.25) is 0 Å². The normalized spacial score (nSPS) is 9.08. The predicted molar refractivity (Wildman–Crippen MR) is 115 cm³/mol. The van der Waals surface area contributed by atoms with E-state index >= 15 is 0 Å². The molecule has 0 aliphatic heterocycles. The van der Waals surface area contributed by atoms with Gasteiger partial charge in [-0.15, -0.1) is 0 Å². The number of aliphatic hydroxyl groups excluding tert-OH is 1. The van der Waals surface area contributed by atoms with Crippen LogP contribution < -0.4 is 20.1 Å². The number of rotatable bonds is 6. The van der Waals surface area contributed by atoms with Crippen molar-refractivity contribution in [2.45, 2.75) is 20.8 Å². The minimum absolute atomic E-state index is 0. The molecule has 0 bridgehead atoms. The van der Waals surface area contributed by atoms with Gasteiger partial charge in [-0.05, 0) is 81.5 Å². The third-order valence-electron chi connectivity index (χ3n) is 2.85. The molecule has 0 aliphatic carbocycles. The SMILES string of the molecule is CCO.CCOc1ccc(NC(=S)Nc2ccc(OCC)cc2)cc1.[NaH]. The van der Waals surface area contributed by atoms with Gasteiger partial charge in [-0.25, -0.2) is 0 Å². The van der Waals surface area contributed by atoms with Crippen molar-refractivity contribution in [3.63, 3.8) is 0 Å². The van der Waals surface area contributed by atoms with Crippen LogP contribution in [0.4, 0.5) is 11.4 Å². The molecule has 5 nitrogen and oxygen atoms in total. The second-order valence-electron chi connectivity index (χ2n) is 4.81. The summed E-state index contributed by atoms with van der Waals surface area (Å²) in [5, 5.41) is 14.4. The van der Waals surface area contributed by atoms with Gasteiger partial charge < -0.3 is 25.2 Å². The van der Waals surface area contributed by atoms with E-state index in [1.165, 1.54) is 0 Å². The fourth-order valence-electron chi connectivity index (χ4n) is 1.90. The molecule has 0 saturated carbocycles. The molecule has 0 spiro atoms. The Bertz CT molecular complexity index is 568. The standard InChI is InChI=1S/C17H20N2O2S.C2H6O.Na.H/c1-3-20-15-9-5-13(6-10-15)18-17(22)19-14-7-11-16(12-8-14)21-4-2;1-2-3;;/h5-12H,3-4H2,1-2H3,(H2,18,19,22);3H,2H2,1H3;;. The van der Waals surface area contributed by atoms with Gasteiger partial charge in [0.2, 0.25) is 0 Å². The first-order chi connectivity index (χ1) is 12.1. The molecule has 0 atom stereocenters. The Morgan fingerprint density at radius 2 is 1.12 bits per heavy atom. The van der Waals surface area contributed by atoms with Crippen LogP contribution in [0.15, 0.2) is 48.5 Å². The summed E-state index contributed by atoms with van der Waals surface area (Å²) in [6, 6.07) is 15.3. The van der Waals surface area contributed by atoms with Crippen molar-refractivity contribution in [3.05, 3.63) is 48.5 Å². The summed E-state index contributed by atoms with van der Waals surface area (Å²) in [4.78, 5) is 0. The van der Waals surface area contributed by atoms with Crippen LogP contribution in [-0.2, 0) is 0 Å². The van der Waals surface area contributed by atoms with E-state index in [4.69, 9.17) is 26.8 Å². The van der Waals surface area contributed by atoms with Crippen molar-refractivity contribution in [2.75, 3.05) is 30.5 Å². The summed E-state index contributed by atoms with van der Waals surface area (Å²) in [5.74, 6) is 1.69. The van der Waals surface area contributed by atoms with Crippen molar-refractivity contribution in [3.8, 4) is 11.5 Å². The summed E-state index contributed by atoms with van der Waals surface area (Å²) in [5.41, 5.74) is 1.82. The van der Waals surface area contributed by atoms with Gasteiger partial charge in [0.1, 0.15) is 11.5 Å². The first kappa shape index (κ1) is 24.7. The van der Waals surface area contributed by atoms with Crippen LogP contribution in [0.2, 0.25) is 0 Å². The maximum atomic E-state index is 7.57. The summed E-state index contributed by atoms with van der Waals surface area (Å²) >= 11 is 5.30. The molecule has 0 heterocycles. The predicted octanol–water partition coefficient (Wildman–Crippen LogP) is 3.64. The number of nitrogens with one attached hydrogen (secondary N) is 2. The molecule has 0 fully saturated rings. The monoisotopic (exact) mass is 386 g/mol. The molecule has 0 aliphatic rings. The fourth-order valence-corrected chi connectivity index (χ4v) is 2.13. The van der Waals surface area contributed by atoms with Crippen molar-refractivity contribution in [2.24, 2.45) is 0 Å². The zero-order valence-electron chi connectivity index (χ0n) is 14.9. The van der Waals surface area contributed by atoms with Gasteiger partial charge in [0.25, 0.3) is 0 Å². The third kappa shape index (κ3) is 9.99. The van der Waals surface area contributed by atoms with E-state index in [9.17, 15) is 0 Å². The van der Waals surface area contributed by atoms with E-state index in [0.717, 1.165) is 22.9 Å². The van der Waals surface area contributed by atoms with Crippen LogP contribution in [0.1, 0.15) is 20.8 Å². The summed E-state index contributed by atoms with van der Waals surface area (Å²) in [6.07, 6.45) is 0. The number of thiocarbonyl (C=S) groups is 1. The van der Waals surface area contributed by atoms with Crippen molar-refractivity contribution in [1.82, 2.24) is 0 Å². The van der Waals surface area contributed by atoms with Crippen LogP contribution in [-0.4, -0.2) is 59.6 Å². The van der Waals surface area contributed by atoms with Crippen LogP contribution in [0.25, 0.3) is 0 Å². The number of ether oxygens (including phenoxy) is 2. The first-order valence-electron chi connectivity index (χ1n) is 8.27. The van der Waals surface area contributed by atoms with E-state index < -0.39 is 0 Å². The quantitative estimate of drug-likeness (QED) is 0.520. The summed E-state index contributed by atoms with van der Waals surface area (Å²) in [7, 11) is 0.